The van der Waals surface area contributed by atoms with Crippen LogP contribution in [-0.2, 0) is 0 Å². The Morgan fingerprint density at radius 1 is 1.78 bits per heavy atom. The maximum absolute atomic E-state index is 8.07. The van der Waals surface area contributed by atoms with E-state index in [1.807, 2.05) is 0 Å². The average Bonchev–Trinajstić information content (AvgIpc) is 1.85. The van der Waals surface area contributed by atoms with Crippen LogP contribution in [0.15, 0.2) is 5.16 Å². The topological polar surface area (TPSA) is 32.6 Å². The fraction of sp³-hybridized carbons (Fsp3) is 0.714. The molecule has 0 aliphatic heterocycles. The van der Waals surface area contributed by atoms with Gasteiger partial charge in [0.15, 0.2) is 0 Å². The summed E-state index contributed by atoms with van der Waals surface area (Å²) in [6.07, 6.45) is 4.81. The SMILES string of the molecule is [CH2]C(/C=N\O)CCCC. The highest BCUT2D eigenvalue weighted by Crippen LogP contribution is 2.03. The average molecular weight is 128 g/mol. The predicted octanol–water partition coefficient (Wildman–Crippen LogP) is 2.09. The van der Waals surface area contributed by atoms with Gasteiger partial charge >= 0.3 is 0 Å². The monoisotopic (exact) mass is 128 g/mol. The van der Waals surface area contributed by atoms with Crippen LogP contribution < -0.4 is 0 Å². The third-order valence-corrected chi connectivity index (χ3v) is 1.21. The molecule has 0 saturated heterocycles. The molecule has 0 amide bonds. The summed E-state index contributed by atoms with van der Waals surface area (Å²) in [6, 6.07) is 0. The third kappa shape index (κ3) is 5.34. The van der Waals surface area contributed by atoms with Gasteiger partial charge in [-0.3, -0.25) is 0 Å². The molecule has 0 saturated carbocycles. The summed E-state index contributed by atoms with van der Waals surface area (Å²) in [6.45, 7) is 5.88. The maximum atomic E-state index is 8.07. The zero-order valence-corrected chi connectivity index (χ0v) is 5.88. The van der Waals surface area contributed by atoms with Gasteiger partial charge in [-0.25, -0.2) is 0 Å². The first-order valence-corrected chi connectivity index (χ1v) is 3.32. The molecule has 1 N–H and O–H groups in total. The lowest BCUT2D eigenvalue weighted by Gasteiger charge is -2.00. The van der Waals surface area contributed by atoms with Gasteiger partial charge in [0, 0.05) is 6.21 Å². The normalized spacial score (nSPS) is 14.4. The first-order valence-electron chi connectivity index (χ1n) is 3.32. The molecule has 0 bridgehead atoms. The summed E-state index contributed by atoms with van der Waals surface area (Å²) in [5, 5.41) is 11.0. The van der Waals surface area contributed by atoms with E-state index in [4.69, 9.17) is 5.21 Å². The smallest absolute Gasteiger partial charge is 0.0466 e. The molecule has 9 heavy (non-hydrogen) atoms. The van der Waals surface area contributed by atoms with Gasteiger partial charge in [0.25, 0.3) is 0 Å². The summed E-state index contributed by atoms with van der Waals surface area (Å²) >= 11 is 0. The van der Waals surface area contributed by atoms with Crippen LogP contribution in [0.1, 0.15) is 26.2 Å². The molecule has 2 heteroatoms. The van der Waals surface area contributed by atoms with Crippen LogP contribution in [0.4, 0.5) is 0 Å². The summed E-state index contributed by atoms with van der Waals surface area (Å²) < 4.78 is 0. The van der Waals surface area contributed by atoms with Crippen LogP contribution in [0, 0.1) is 12.8 Å². The van der Waals surface area contributed by atoms with E-state index in [1.54, 1.807) is 0 Å². The van der Waals surface area contributed by atoms with Crippen LogP contribution in [0.25, 0.3) is 0 Å². The van der Waals surface area contributed by atoms with Crippen molar-refractivity contribution in [2.45, 2.75) is 26.2 Å². The fourth-order valence-corrected chi connectivity index (χ4v) is 0.635. The molecule has 0 spiro atoms. The van der Waals surface area contributed by atoms with Gasteiger partial charge in [-0.05, 0) is 19.3 Å². The van der Waals surface area contributed by atoms with Crippen molar-refractivity contribution in [3.63, 3.8) is 0 Å². The zero-order chi connectivity index (χ0) is 7.11. The quantitative estimate of drug-likeness (QED) is 0.351. The van der Waals surface area contributed by atoms with Crippen molar-refractivity contribution in [2.75, 3.05) is 0 Å². The lowest BCUT2D eigenvalue weighted by Crippen LogP contribution is -1.95. The molecule has 0 fully saturated rings. The first-order chi connectivity index (χ1) is 4.31. The summed E-state index contributed by atoms with van der Waals surface area (Å²) in [5.41, 5.74) is 0. The van der Waals surface area contributed by atoms with E-state index < -0.39 is 0 Å². The summed E-state index contributed by atoms with van der Waals surface area (Å²) in [4.78, 5) is 0. The third-order valence-electron chi connectivity index (χ3n) is 1.21. The number of rotatable bonds is 4. The molecule has 0 rings (SSSR count). The van der Waals surface area contributed by atoms with E-state index in [2.05, 4.69) is 19.0 Å². The molecule has 0 aromatic rings. The van der Waals surface area contributed by atoms with Gasteiger partial charge in [-0.2, -0.15) is 0 Å². The number of nitrogens with zero attached hydrogens (tertiary/aromatic N) is 1. The number of hydrogen-bond acceptors (Lipinski definition) is 2. The highest BCUT2D eigenvalue weighted by molar-refractivity contribution is 5.60. The van der Waals surface area contributed by atoms with Crippen LogP contribution in [0.3, 0.4) is 0 Å². The van der Waals surface area contributed by atoms with Crippen molar-refractivity contribution in [3.05, 3.63) is 6.92 Å². The van der Waals surface area contributed by atoms with Crippen molar-refractivity contribution in [2.24, 2.45) is 11.1 Å². The molecule has 0 aromatic carbocycles. The minimum Gasteiger partial charge on any atom is -0.411 e. The Bertz CT molecular complexity index is 81.0. The van der Waals surface area contributed by atoms with Crippen molar-refractivity contribution >= 4 is 6.21 Å². The molecular formula is C7H14NO. The van der Waals surface area contributed by atoms with E-state index in [-0.39, 0.29) is 5.92 Å². The van der Waals surface area contributed by atoms with Crippen LogP contribution in [-0.4, -0.2) is 11.4 Å². The predicted molar refractivity (Wildman–Crippen MR) is 38.7 cm³/mol. The van der Waals surface area contributed by atoms with Crippen LogP contribution >= 0.6 is 0 Å². The summed E-state index contributed by atoms with van der Waals surface area (Å²) in [5.74, 6) is 0.176. The van der Waals surface area contributed by atoms with Gasteiger partial charge in [0.1, 0.15) is 0 Å². The Hall–Kier alpha value is -0.530. The first kappa shape index (κ1) is 8.47. The fourth-order valence-electron chi connectivity index (χ4n) is 0.635. The van der Waals surface area contributed by atoms with Gasteiger partial charge < -0.3 is 5.21 Å². The van der Waals surface area contributed by atoms with E-state index in [0.717, 1.165) is 12.8 Å². The second-order valence-electron chi connectivity index (χ2n) is 2.17. The van der Waals surface area contributed by atoms with Crippen LogP contribution in [0.2, 0.25) is 0 Å². The molecule has 0 aliphatic carbocycles. The number of oxime groups is 1. The Labute approximate surface area is 56.6 Å². The highest BCUT2D eigenvalue weighted by Gasteiger charge is 1.95. The van der Waals surface area contributed by atoms with Gasteiger partial charge in [-0.15, -0.1) is 5.16 Å². The summed E-state index contributed by atoms with van der Waals surface area (Å²) in [7, 11) is 0. The Balaban J connectivity index is 3.15. The minimum absolute atomic E-state index is 0.176. The molecule has 0 aromatic heterocycles. The Morgan fingerprint density at radius 2 is 2.44 bits per heavy atom. The maximum Gasteiger partial charge on any atom is 0.0466 e. The molecular weight excluding hydrogens is 114 g/mol. The second kappa shape index (κ2) is 5.60. The van der Waals surface area contributed by atoms with Crippen molar-refractivity contribution in [1.29, 1.82) is 0 Å². The second-order valence-corrected chi connectivity index (χ2v) is 2.17. The Kier molecular flexibility index (Phi) is 5.27. The Morgan fingerprint density at radius 3 is 2.89 bits per heavy atom. The minimum atomic E-state index is 0.176. The van der Waals surface area contributed by atoms with E-state index in [0.29, 0.717) is 0 Å². The molecule has 53 valence electrons. The van der Waals surface area contributed by atoms with Gasteiger partial charge in [0.2, 0.25) is 0 Å². The lowest BCUT2D eigenvalue weighted by molar-refractivity contribution is 0.318. The standard InChI is InChI=1S/C7H14NO/c1-3-4-5-7(2)6-8-9/h6-7,9H,2-5H2,1H3/b8-6-. The zero-order valence-electron chi connectivity index (χ0n) is 5.88. The van der Waals surface area contributed by atoms with Crippen LogP contribution in [0.5, 0.6) is 0 Å². The van der Waals surface area contributed by atoms with Crippen molar-refractivity contribution in [3.8, 4) is 0 Å². The van der Waals surface area contributed by atoms with Crippen molar-refractivity contribution < 1.29 is 5.21 Å². The highest BCUT2D eigenvalue weighted by atomic mass is 16.4. The largest absolute Gasteiger partial charge is 0.411 e. The molecule has 2 nitrogen and oxygen atoms in total. The number of unbranched alkanes of at least 4 members (excludes halogenated alkanes) is 1. The van der Waals surface area contributed by atoms with E-state index in [9.17, 15) is 0 Å². The van der Waals surface area contributed by atoms with E-state index >= 15 is 0 Å². The molecule has 1 radical (unpaired) electrons. The molecule has 1 unspecified atom stereocenters. The number of hydrogen-bond donors (Lipinski definition) is 1. The van der Waals surface area contributed by atoms with E-state index in [1.165, 1.54) is 12.6 Å². The molecule has 0 aliphatic rings. The van der Waals surface area contributed by atoms with Gasteiger partial charge in [0.05, 0.1) is 0 Å². The van der Waals surface area contributed by atoms with Crippen molar-refractivity contribution in [1.82, 2.24) is 0 Å². The molecule has 0 heterocycles. The van der Waals surface area contributed by atoms with Gasteiger partial charge in [-0.1, -0.05) is 19.8 Å². The lowest BCUT2D eigenvalue weighted by atomic mass is 10.1. The molecule has 1 atom stereocenters.